The van der Waals surface area contributed by atoms with E-state index in [0.717, 1.165) is 26.5 Å². The van der Waals surface area contributed by atoms with Gasteiger partial charge < -0.3 is 20.3 Å². The van der Waals surface area contributed by atoms with Crippen LogP contribution < -0.4 is 15.7 Å². The van der Waals surface area contributed by atoms with Gasteiger partial charge in [0.2, 0.25) is 5.91 Å². The van der Waals surface area contributed by atoms with Crippen LogP contribution in [0.15, 0.2) is 35.1 Å². The van der Waals surface area contributed by atoms with Crippen LogP contribution in [-0.2, 0) is 23.1 Å². The number of alkyl halides is 3. The van der Waals surface area contributed by atoms with Crippen molar-refractivity contribution in [3.63, 3.8) is 0 Å². The lowest BCUT2D eigenvalue weighted by molar-refractivity contribution is -0.136. The number of carbonyl (C=O) groups excluding carboxylic acids is 1. The molecule has 41 heavy (non-hydrogen) atoms. The molecule has 0 radical (unpaired) electrons. The van der Waals surface area contributed by atoms with Crippen molar-refractivity contribution >= 4 is 34.2 Å². The van der Waals surface area contributed by atoms with Gasteiger partial charge in [0.15, 0.2) is 0 Å². The largest absolute Gasteiger partial charge is 0.492 e. The number of nitrogens with zero attached hydrogens (tertiary/aromatic N) is 3. The number of fused-ring (bicyclic) bond motifs is 3. The van der Waals surface area contributed by atoms with Crippen molar-refractivity contribution in [2.75, 3.05) is 31.6 Å². The van der Waals surface area contributed by atoms with Crippen LogP contribution in [0.25, 0.3) is 11.0 Å². The number of benzene rings is 2. The van der Waals surface area contributed by atoms with E-state index in [0.29, 0.717) is 37.5 Å². The Labute approximate surface area is 238 Å². The number of halogens is 4. The molecule has 2 aromatic carbocycles. The van der Waals surface area contributed by atoms with Gasteiger partial charge in [-0.15, -0.1) is 0 Å². The number of amides is 1. The van der Waals surface area contributed by atoms with Crippen molar-refractivity contribution in [3.05, 3.63) is 57.0 Å². The van der Waals surface area contributed by atoms with E-state index < -0.39 is 41.2 Å². The number of carbonyl (C=O) groups is 1. The molecule has 2 fully saturated rings. The number of imidazole rings is 1. The number of aliphatic hydroxyl groups excluding tert-OH is 1. The van der Waals surface area contributed by atoms with E-state index in [9.17, 15) is 33.0 Å². The second kappa shape index (κ2) is 9.75. The maximum atomic E-state index is 14.2. The van der Waals surface area contributed by atoms with Crippen molar-refractivity contribution in [2.24, 2.45) is 0 Å². The van der Waals surface area contributed by atoms with E-state index in [1.165, 1.54) is 6.07 Å². The minimum Gasteiger partial charge on any atom is -0.492 e. The van der Waals surface area contributed by atoms with E-state index in [1.54, 1.807) is 19.1 Å². The maximum Gasteiger partial charge on any atom is 0.418 e. The summed E-state index contributed by atoms with van der Waals surface area (Å²) in [6, 6.07) is 6.97. The molecule has 1 aromatic heterocycles. The Morgan fingerprint density at radius 2 is 1.85 bits per heavy atom. The summed E-state index contributed by atoms with van der Waals surface area (Å²) in [5, 5.41) is 23.5. The standard InChI is InChI=1S/C28H30ClF3N4O5/c1-26(40)13-17(14-26)36-23-20(28(30,31)32)11-18(12-22(23)35(15-37)25(36)39)41-9-8-34-6-4-27(5-7-34)19-10-16(29)2-3-21(19)33-24(27)38/h2-3,10-12,17,37,40H,4-9,13-15H2,1H3,(H,33,38)/t17-,26+. The van der Waals surface area contributed by atoms with Crippen molar-refractivity contribution < 1.29 is 32.9 Å². The van der Waals surface area contributed by atoms with E-state index in [2.05, 4.69) is 10.2 Å². The third-order valence-electron chi connectivity index (χ3n) is 8.76. The van der Waals surface area contributed by atoms with E-state index in [1.807, 2.05) is 6.07 Å². The molecule has 0 unspecified atom stereocenters. The minimum atomic E-state index is -4.79. The second-order valence-corrected chi connectivity index (χ2v) is 12.0. The number of likely N-dealkylation sites (tertiary alicyclic amines) is 1. The van der Waals surface area contributed by atoms with Crippen LogP contribution in [0.1, 0.15) is 49.8 Å². The smallest absolute Gasteiger partial charge is 0.418 e. The molecule has 1 aliphatic carbocycles. The Bertz CT molecular complexity index is 1580. The van der Waals surface area contributed by atoms with Gasteiger partial charge >= 0.3 is 11.9 Å². The summed E-state index contributed by atoms with van der Waals surface area (Å²) < 4.78 is 50.4. The lowest BCUT2D eigenvalue weighted by Gasteiger charge is -2.41. The fourth-order valence-electron chi connectivity index (χ4n) is 6.63. The molecule has 9 nitrogen and oxygen atoms in total. The quantitative estimate of drug-likeness (QED) is 0.400. The number of anilines is 1. The molecule has 0 bridgehead atoms. The molecule has 6 rings (SSSR count). The van der Waals surface area contributed by atoms with Crippen molar-refractivity contribution in [3.8, 4) is 5.75 Å². The Balaban J connectivity index is 1.19. The molecule has 3 N–H and O–H groups in total. The lowest BCUT2D eigenvalue weighted by Crippen LogP contribution is -2.47. The Morgan fingerprint density at radius 1 is 1.15 bits per heavy atom. The number of nitrogens with one attached hydrogen (secondary N) is 1. The summed E-state index contributed by atoms with van der Waals surface area (Å²) in [4.78, 5) is 28.0. The van der Waals surface area contributed by atoms with Gasteiger partial charge in [0, 0.05) is 29.4 Å². The van der Waals surface area contributed by atoms with Crippen molar-refractivity contribution in [2.45, 2.75) is 62.6 Å². The summed E-state index contributed by atoms with van der Waals surface area (Å²) in [7, 11) is 0. The third kappa shape index (κ3) is 4.70. The van der Waals surface area contributed by atoms with Crippen LogP contribution in [0.4, 0.5) is 18.9 Å². The average Bonchev–Trinajstić information content (AvgIpc) is 3.32. The van der Waals surface area contributed by atoms with Gasteiger partial charge in [-0.05, 0) is 75.5 Å². The molecule has 3 aliphatic rings. The van der Waals surface area contributed by atoms with Crippen LogP contribution >= 0.6 is 11.6 Å². The second-order valence-electron chi connectivity index (χ2n) is 11.5. The number of ether oxygens (including phenoxy) is 1. The van der Waals surface area contributed by atoms with Crippen LogP contribution in [0.3, 0.4) is 0 Å². The molecule has 3 heterocycles. The highest BCUT2D eigenvalue weighted by atomic mass is 35.5. The van der Waals surface area contributed by atoms with Crippen molar-refractivity contribution in [1.82, 2.24) is 14.0 Å². The summed E-state index contributed by atoms with van der Waals surface area (Å²) in [5.41, 5.74) is -2.28. The highest BCUT2D eigenvalue weighted by molar-refractivity contribution is 6.31. The predicted molar refractivity (Wildman–Crippen MR) is 145 cm³/mol. The minimum absolute atomic E-state index is 0.0500. The topological polar surface area (TPSA) is 109 Å². The monoisotopic (exact) mass is 594 g/mol. The van der Waals surface area contributed by atoms with Crippen LogP contribution in [0, 0.1) is 0 Å². The molecule has 220 valence electrons. The van der Waals surface area contributed by atoms with Gasteiger partial charge in [-0.2, -0.15) is 13.2 Å². The Kier molecular flexibility index (Phi) is 6.68. The zero-order chi connectivity index (χ0) is 29.3. The fourth-order valence-corrected chi connectivity index (χ4v) is 6.80. The van der Waals surface area contributed by atoms with Gasteiger partial charge in [0.05, 0.1) is 27.6 Å². The first-order valence-corrected chi connectivity index (χ1v) is 13.9. The number of hydrogen-bond donors (Lipinski definition) is 3. The van der Waals surface area contributed by atoms with E-state index in [4.69, 9.17) is 16.3 Å². The van der Waals surface area contributed by atoms with Crippen LogP contribution in [0.5, 0.6) is 5.75 Å². The zero-order valence-electron chi connectivity index (χ0n) is 22.3. The molecule has 0 atom stereocenters. The highest BCUT2D eigenvalue weighted by Gasteiger charge is 2.48. The van der Waals surface area contributed by atoms with E-state index >= 15 is 0 Å². The summed E-state index contributed by atoms with van der Waals surface area (Å²) >= 11 is 6.19. The van der Waals surface area contributed by atoms with Crippen LogP contribution in [0.2, 0.25) is 5.02 Å². The first-order chi connectivity index (χ1) is 19.3. The first kappa shape index (κ1) is 28.1. The maximum absolute atomic E-state index is 14.2. The van der Waals surface area contributed by atoms with Gasteiger partial charge in [-0.3, -0.25) is 18.8 Å². The first-order valence-electron chi connectivity index (χ1n) is 13.5. The SMILES string of the molecule is C[C@]1(O)C[C@@H](n2c(=O)n(CO)c3cc(OCCN4CCC5(CC4)C(=O)Nc4ccc(Cl)cc45)cc(C(F)(F)F)c32)C1. The lowest BCUT2D eigenvalue weighted by atomic mass is 9.73. The molecule has 1 saturated heterocycles. The van der Waals surface area contributed by atoms with Crippen molar-refractivity contribution in [1.29, 1.82) is 0 Å². The van der Waals surface area contributed by atoms with E-state index in [-0.39, 0.29) is 42.1 Å². The summed E-state index contributed by atoms with van der Waals surface area (Å²) in [6.07, 6.45) is -3.39. The molecule has 3 aromatic rings. The molecule has 1 amide bonds. The number of aliphatic hydroxyl groups is 2. The molecule has 1 spiro atoms. The number of piperidine rings is 1. The summed E-state index contributed by atoms with van der Waals surface area (Å²) in [6.45, 7) is 2.45. The molecule has 1 saturated carbocycles. The summed E-state index contributed by atoms with van der Waals surface area (Å²) in [5.74, 6) is -0.122. The predicted octanol–water partition coefficient (Wildman–Crippen LogP) is 3.88. The van der Waals surface area contributed by atoms with Gasteiger partial charge in [-0.25, -0.2) is 4.79 Å². The number of hydrogen-bond acceptors (Lipinski definition) is 6. The highest BCUT2D eigenvalue weighted by Crippen LogP contribution is 2.46. The number of aromatic nitrogens is 2. The fraction of sp³-hybridized carbons (Fsp3) is 0.500. The van der Waals surface area contributed by atoms with Crippen LogP contribution in [-0.4, -0.2) is 62.0 Å². The zero-order valence-corrected chi connectivity index (χ0v) is 23.1. The normalized spacial score (nSPS) is 24.0. The third-order valence-corrected chi connectivity index (χ3v) is 9.00. The van der Waals surface area contributed by atoms with Gasteiger partial charge in [0.25, 0.3) is 0 Å². The average molecular weight is 595 g/mol. The molecule has 13 heteroatoms. The Hall–Kier alpha value is -3.06. The number of rotatable bonds is 6. The van der Waals surface area contributed by atoms with Gasteiger partial charge in [-0.1, -0.05) is 11.6 Å². The molecular formula is C28H30ClF3N4O5. The molecule has 2 aliphatic heterocycles. The van der Waals surface area contributed by atoms with Gasteiger partial charge in [0.1, 0.15) is 19.1 Å². The molecular weight excluding hydrogens is 565 g/mol. The Morgan fingerprint density at radius 3 is 2.49 bits per heavy atom.